The van der Waals surface area contributed by atoms with Crippen LogP contribution < -0.4 is 5.32 Å². The first kappa shape index (κ1) is 11.2. The summed E-state index contributed by atoms with van der Waals surface area (Å²) in [5, 5.41) is 18.7. The first-order valence-corrected chi connectivity index (χ1v) is 5.23. The summed E-state index contributed by atoms with van der Waals surface area (Å²) in [4.78, 5) is 11.8. The number of aromatic amines is 1. The van der Waals surface area contributed by atoms with Crippen LogP contribution in [0.25, 0.3) is 0 Å². The van der Waals surface area contributed by atoms with Crippen LogP contribution in [0.15, 0.2) is 30.5 Å². The molecular weight excluding hydrogens is 218 g/mol. The van der Waals surface area contributed by atoms with Gasteiger partial charge in [-0.05, 0) is 13.0 Å². The maximum absolute atomic E-state index is 11.8. The number of hydrogen-bond donors (Lipinski definition) is 3. The van der Waals surface area contributed by atoms with E-state index in [1.165, 1.54) is 6.20 Å². The van der Waals surface area contributed by atoms with E-state index in [1.54, 1.807) is 25.1 Å². The molecule has 5 heteroatoms. The van der Waals surface area contributed by atoms with E-state index < -0.39 is 0 Å². The lowest BCUT2D eigenvalue weighted by molar-refractivity contribution is 0.0950. The lowest BCUT2D eigenvalue weighted by Crippen LogP contribution is -2.23. The van der Waals surface area contributed by atoms with Crippen molar-refractivity contribution in [2.45, 2.75) is 13.5 Å². The molecule has 1 aromatic heterocycles. The van der Waals surface area contributed by atoms with Crippen LogP contribution in [-0.2, 0) is 6.54 Å². The molecule has 1 aromatic carbocycles. The number of nitrogens with zero attached hydrogens (tertiary/aromatic N) is 1. The van der Waals surface area contributed by atoms with Crippen molar-refractivity contribution in [2.75, 3.05) is 0 Å². The van der Waals surface area contributed by atoms with Crippen molar-refractivity contribution in [3.05, 3.63) is 47.3 Å². The Hall–Kier alpha value is -2.30. The molecule has 5 nitrogen and oxygen atoms in total. The van der Waals surface area contributed by atoms with Crippen LogP contribution in [0.5, 0.6) is 5.75 Å². The molecule has 2 rings (SSSR count). The predicted molar refractivity (Wildman–Crippen MR) is 62.6 cm³/mol. The number of aromatic hydroxyl groups is 1. The molecule has 0 saturated heterocycles. The number of aromatic nitrogens is 2. The largest absolute Gasteiger partial charge is 0.508 e. The number of H-pyrrole nitrogens is 1. The SMILES string of the molecule is Cc1[nH]ncc1C(=O)NCc1ccccc1O. The number of benzene rings is 1. The fourth-order valence-corrected chi connectivity index (χ4v) is 1.51. The minimum absolute atomic E-state index is 0.178. The predicted octanol–water partition coefficient (Wildman–Crippen LogP) is 1.35. The van der Waals surface area contributed by atoms with Crippen molar-refractivity contribution in [3.8, 4) is 5.75 Å². The van der Waals surface area contributed by atoms with E-state index in [-0.39, 0.29) is 18.2 Å². The molecule has 1 amide bonds. The minimum atomic E-state index is -0.209. The second kappa shape index (κ2) is 4.69. The highest BCUT2D eigenvalue weighted by molar-refractivity contribution is 5.94. The molecule has 0 unspecified atom stereocenters. The number of nitrogens with one attached hydrogen (secondary N) is 2. The van der Waals surface area contributed by atoms with E-state index in [2.05, 4.69) is 15.5 Å². The third-order valence-corrected chi connectivity index (χ3v) is 2.51. The Morgan fingerprint density at radius 1 is 1.47 bits per heavy atom. The second-order valence-corrected chi connectivity index (χ2v) is 3.72. The smallest absolute Gasteiger partial charge is 0.255 e. The topological polar surface area (TPSA) is 78.0 Å². The van der Waals surface area contributed by atoms with Gasteiger partial charge in [-0.3, -0.25) is 9.89 Å². The zero-order valence-electron chi connectivity index (χ0n) is 9.40. The monoisotopic (exact) mass is 231 g/mol. The third kappa shape index (κ3) is 2.44. The van der Waals surface area contributed by atoms with E-state index in [0.717, 1.165) is 5.69 Å². The van der Waals surface area contributed by atoms with Crippen molar-refractivity contribution in [2.24, 2.45) is 0 Å². The Morgan fingerprint density at radius 2 is 2.24 bits per heavy atom. The van der Waals surface area contributed by atoms with E-state index in [1.807, 2.05) is 6.07 Å². The summed E-state index contributed by atoms with van der Waals surface area (Å²) >= 11 is 0. The third-order valence-electron chi connectivity index (χ3n) is 2.51. The normalized spacial score (nSPS) is 10.2. The van der Waals surface area contributed by atoms with Gasteiger partial charge in [0.1, 0.15) is 5.75 Å². The van der Waals surface area contributed by atoms with Gasteiger partial charge in [0.2, 0.25) is 0 Å². The molecule has 17 heavy (non-hydrogen) atoms. The number of amides is 1. The van der Waals surface area contributed by atoms with Crippen molar-refractivity contribution in [1.82, 2.24) is 15.5 Å². The summed E-state index contributed by atoms with van der Waals surface area (Å²) < 4.78 is 0. The van der Waals surface area contributed by atoms with E-state index in [4.69, 9.17) is 0 Å². The average Bonchev–Trinajstić information content (AvgIpc) is 2.74. The Labute approximate surface area is 98.5 Å². The van der Waals surface area contributed by atoms with Gasteiger partial charge in [0.25, 0.3) is 5.91 Å². The highest BCUT2D eigenvalue weighted by Gasteiger charge is 2.10. The van der Waals surface area contributed by atoms with Crippen LogP contribution >= 0.6 is 0 Å². The zero-order valence-corrected chi connectivity index (χ0v) is 9.40. The zero-order chi connectivity index (χ0) is 12.3. The van der Waals surface area contributed by atoms with Gasteiger partial charge in [0, 0.05) is 17.8 Å². The molecular formula is C12H13N3O2. The number of rotatable bonds is 3. The van der Waals surface area contributed by atoms with Crippen LogP contribution in [0.2, 0.25) is 0 Å². The number of phenolic OH excluding ortho intramolecular Hbond substituents is 1. The quantitative estimate of drug-likeness (QED) is 0.746. The van der Waals surface area contributed by atoms with E-state index in [9.17, 15) is 9.90 Å². The standard InChI is InChI=1S/C12H13N3O2/c1-8-10(7-14-15-8)12(17)13-6-9-4-2-3-5-11(9)16/h2-5,7,16H,6H2,1H3,(H,13,17)(H,14,15). The fraction of sp³-hybridized carbons (Fsp3) is 0.167. The summed E-state index contributed by atoms with van der Waals surface area (Å²) in [6.45, 7) is 2.07. The van der Waals surface area contributed by atoms with Gasteiger partial charge >= 0.3 is 0 Å². The lowest BCUT2D eigenvalue weighted by atomic mass is 10.2. The molecule has 0 radical (unpaired) electrons. The van der Waals surface area contributed by atoms with Crippen LogP contribution in [-0.4, -0.2) is 21.2 Å². The molecule has 0 aliphatic carbocycles. The number of phenols is 1. The maximum Gasteiger partial charge on any atom is 0.255 e. The van der Waals surface area contributed by atoms with Gasteiger partial charge in [-0.15, -0.1) is 0 Å². The summed E-state index contributed by atoms with van der Waals surface area (Å²) in [7, 11) is 0. The second-order valence-electron chi connectivity index (χ2n) is 3.72. The Morgan fingerprint density at radius 3 is 2.88 bits per heavy atom. The minimum Gasteiger partial charge on any atom is -0.508 e. The molecule has 0 atom stereocenters. The van der Waals surface area contributed by atoms with E-state index in [0.29, 0.717) is 11.1 Å². The van der Waals surface area contributed by atoms with Gasteiger partial charge in [-0.1, -0.05) is 18.2 Å². The molecule has 0 saturated carbocycles. The van der Waals surface area contributed by atoms with Crippen LogP contribution in [0.1, 0.15) is 21.6 Å². The maximum atomic E-state index is 11.8. The summed E-state index contributed by atoms with van der Waals surface area (Å²) in [5.74, 6) is -0.0313. The molecule has 1 heterocycles. The highest BCUT2D eigenvalue weighted by atomic mass is 16.3. The summed E-state index contributed by atoms with van der Waals surface area (Å²) in [6.07, 6.45) is 1.48. The fourth-order valence-electron chi connectivity index (χ4n) is 1.51. The number of aryl methyl sites for hydroxylation is 1. The number of carbonyl (C=O) groups excluding carboxylic acids is 1. The summed E-state index contributed by atoms with van der Waals surface area (Å²) in [6, 6.07) is 6.90. The van der Waals surface area contributed by atoms with Crippen LogP contribution in [0, 0.1) is 6.92 Å². The highest BCUT2D eigenvalue weighted by Crippen LogP contribution is 2.15. The van der Waals surface area contributed by atoms with E-state index >= 15 is 0 Å². The first-order valence-electron chi connectivity index (χ1n) is 5.23. The molecule has 0 aliphatic rings. The first-order chi connectivity index (χ1) is 8.18. The molecule has 88 valence electrons. The Kier molecular flexibility index (Phi) is 3.09. The van der Waals surface area contributed by atoms with Gasteiger partial charge in [-0.2, -0.15) is 5.10 Å². The van der Waals surface area contributed by atoms with Gasteiger partial charge in [-0.25, -0.2) is 0 Å². The number of para-hydroxylation sites is 1. The van der Waals surface area contributed by atoms with Crippen LogP contribution in [0.3, 0.4) is 0 Å². The average molecular weight is 231 g/mol. The summed E-state index contributed by atoms with van der Waals surface area (Å²) in [5.41, 5.74) is 1.92. The Bertz CT molecular complexity index is 534. The van der Waals surface area contributed by atoms with Gasteiger partial charge in [0.15, 0.2) is 0 Å². The molecule has 0 bridgehead atoms. The van der Waals surface area contributed by atoms with Crippen molar-refractivity contribution in [1.29, 1.82) is 0 Å². The lowest BCUT2D eigenvalue weighted by Gasteiger charge is -2.06. The molecule has 3 N–H and O–H groups in total. The van der Waals surface area contributed by atoms with Crippen LogP contribution in [0.4, 0.5) is 0 Å². The van der Waals surface area contributed by atoms with Crippen molar-refractivity contribution < 1.29 is 9.90 Å². The van der Waals surface area contributed by atoms with Crippen molar-refractivity contribution >= 4 is 5.91 Å². The Balaban J connectivity index is 2.02. The number of hydrogen-bond acceptors (Lipinski definition) is 3. The molecule has 0 aliphatic heterocycles. The van der Waals surface area contributed by atoms with Gasteiger partial charge in [0.05, 0.1) is 11.8 Å². The molecule has 0 spiro atoms. The van der Waals surface area contributed by atoms with Gasteiger partial charge < -0.3 is 10.4 Å². The van der Waals surface area contributed by atoms with Crippen molar-refractivity contribution in [3.63, 3.8) is 0 Å². The molecule has 2 aromatic rings. The molecule has 0 fully saturated rings. The number of carbonyl (C=O) groups is 1.